The van der Waals surface area contributed by atoms with E-state index in [0.29, 0.717) is 12.2 Å². The van der Waals surface area contributed by atoms with Gasteiger partial charge in [0.2, 0.25) is 0 Å². The molecule has 4 rings (SSSR count). The average Bonchev–Trinajstić information content (AvgIpc) is 3.27. The molecule has 4 nitrogen and oxygen atoms in total. The molecule has 1 atom stereocenters. The summed E-state index contributed by atoms with van der Waals surface area (Å²) in [6.07, 6.45) is 1.54. The van der Waals surface area contributed by atoms with Crippen LogP contribution in [0.4, 0.5) is 0 Å². The molecular weight excluding hydrogens is 400 g/mol. The number of rotatable bonds is 4. The van der Waals surface area contributed by atoms with Gasteiger partial charge in [-0.3, -0.25) is 0 Å². The minimum absolute atomic E-state index is 0. The number of halogens is 1. The lowest BCUT2D eigenvalue weighted by atomic mass is 10.1. The standard InChI is InChI=1S/C20H22N2O2S2.ClH/c1-14-10-18(15(2)22(14)17-8-9-26(23,24)13-17)19-12-25-20(21-19)11-16-6-4-3-5-7-16;/h3-7,10,12,17H,8-9,11,13H2,1-2H3;1H. The van der Waals surface area contributed by atoms with Crippen molar-refractivity contribution in [2.45, 2.75) is 32.7 Å². The van der Waals surface area contributed by atoms with Crippen LogP contribution in [0, 0.1) is 13.8 Å². The van der Waals surface area contributed by atoms with E-state index in [1.165, 1.54) is 5.56 Å². The predicted molar refractivity (Wildman–Crippen MR) is 114 cm³/mol. The summed E-state index contributed by atoms with van der Waals surface area (Å²) < 4.78 is 25.9. The number of sulfone groups is 1. The quantitative estimate of drug-likeness (QED) is 0.617. The third-order valence-electron chi connectivity index (χ3n) is 5.08. The van der Waals surface area contributed by atoms with E-state index in [4.69, 9.17) is 4.98 Å². The zero-order chi connectivity index (χ0) is 18.3. The second kappa shape index (κ2) is 7.78. The molecule has 27 heavy (non-hydrogen) atoms. The van der Waals surface area contributed by atoms with Crippen LogP contribution in [0.5, 0.6) is 0 Å². The number of benzene rings is 1. The highest BCUT2D eigenvalue weighted by Crippen LogP contribution is 2.34. The molecule has 1 aliphatic rings. The maximum atomic E-state index is 11.9. The molecule has 1 fully saturated rings. The van der Waals surface area contributed by atoms with Crippen LogP contribution >= 0.6 is 23.7 Å². The Hall–Kier alpha value is -1.63. The summed E-state index contributed by atoms with van der Waals surface area (Å²) >= 11 is 1.68. The van der Waals surface area contributed by atoms with Crippen LogP contribution < -0.4 is 0 Å². The van der Waals surface area contributed by atoms with Gasteiger partial charge in [-0.1, -0.05) is 30.3 Å². The number of hydrogen-bond donors (Lipinski definition) is 0. The van der Waals surface area contributed by atoms with Crippen LogP contribution in [0.1, 0.15) is 34.4 Å². The topological polar surface area (TPSA) is 52.0 Å². The molecule has 1 unspecified atom stereocenters. The highest BCUT2D eigenvalue weighted by molar-refractivity contribution is 7.91. The van der Waals surface area contributed by atoms with Crippen molar-refractivity contribution < 1.29 is 8.42 Å². The van der Waals surface area contributed by atoms with E-state index < -0.39 is 9.84 Å². The lowest BCUT2D eigenvalue weighted by Gasteiger charge is -2.16. The Morgan fingerprint density at radius 1 is 1.22 bits per heavy atom. The second-order valence-corrected chi connectivity index (χ2v) is 10.2. The van der Waals surface area contributed by atoms with Crippen LogP contribution in [0.25, 0.3) is 11.3 Å². The van der Waals surface area contributed by atoms with Crippen molar-refractivity contribution in [3.05, 3.63) is 63.7 Å². The molecule has 0 radical (unpaired) electrons. The first-order chi connectivity index (χ1) is 12.4. The number of aromatic nitrogens is 2. The van der Waals surface area contributed by atoms with E-state index in [9.17, 15) is 8.42 Å². The third kappa shape index (κ3) is 4.13. The summed E-state index contributed by atoms with van der Waals surface area (Å²) in [4.78, 5) is 4.83. The molecule has 1 aromatic carbocycles. The van der Waals surface area contributed by atoms with Crippen molar-refractivity contribution in [2.75, 3.05) is 11.5 Å². The first-order valence-corrected chi connectivity index (χ1v) is 11.5. The van der Waals surface area contributed by atoms with Crippen LogP contribution in [0.3, 0.4) is 0 Å². The van der Waals surface area contributed by atoms with Crippen LogP contribution in [0.2, 0.25) is 0 Å². The molecule has 0 spiro atoms. The van der Waals surface area contributed by atoms with Crippen LogP contribution in [-0.2, 0) is 16.3 Å². The summed E-state index contributed by atoms with van der Waals surface area (Å²) in [6, 6.07) is 12.5. The van der Waals surface area contributed by atoms with Gasteiger partial charge in [-0.25, -0.2) is 13.4 Å². The maximum Gasteiger partial charge on any atom is 0.152 e. The molecular formula is C20H23ClN2O2S2. The first-order valence-electron chi connectivity index (χ1n) is 8.80. The summed E-state index contributed by atoms with van der Waals surface area (Å²) in [6.45, 7) is 4.13. The van der Waals surface area contributed by atoms with E-state index >= 15 is 0 Å². The Morgan fingerprint density at radius 2 is 1.96 bits per heavy atom. The number of nitrogens with zero attached hydrogens (tertiary/aromatic N) is 2. The van der Waals surface area contributed by atoms with Gasteiger partial charge in [-0.15, -0.1) is 23.7 Å². The molecule has 3 heterocycles. The SMILES string of the molecule is Cc1cc(-c2csc(Cc3ccccc3)n2)c(C)n1C1CCS(=O)(=O)C1.Cl. The summed E-state index contributed by atoms with van der Waals surface area (Å²) in [5, 5.41) is 3.20. The average molecular weight is 423 g/mol. The van der Waals surface area contributed by atoms with Crippen molar-refractivity contribution in [2.24, 2.45) is 0 Å². The molecule has 0 amide bonds. The van der Waals surface area contributed by atoms with Gasteiger partial charge >= 0.3 is 0 Å². The van der Waals surface area contributed by atoms with Crippen molar-refractivity contribution in [1.29, 1.82) is 0 Å². The molecule has 0 aliphatic carbocycles. The fourth-order valence-electron chi connectivity index (χ4n) is 3.86. The van der Waals surface area contributed by atoms with Gasteiger partial charge in [0.25, 0.3) is 0 Å². The molecule has 144 valence electrons. The van der Waals surface area contributed by atoms with E-state index in [0.717, 1.165) is 34.1 Å². The van der Waals surface area contributed by atoms with Gasteiger partial charge < -0.3 is 4.57 Å². The number of hydrogen-bond acceptors (Lipinski definition) is 4. The van der Waals surface area contributed by atoms with Gasteiger partial charge in [-0.05, 0) is 31.9 Å². The Labute approximate surface area is 170 Å². The van der Waals surface area contributed by atoms with Crippen molar-refractivity contribution in [1.82, 2.24) is 9.55 Å². The highest BCUT2D eigenvalue weighted by Gasteiger charge is 2.31. The van der Waals surface area contributed by atoms with E-state index in [-0.39, 0.29) is 24.2 Å². The predicted octanol–water partition coefficient (Wildman–Crippen LogP) is 4.60. The lowest BCUT2D eigenvalue weighted by molar-refractivity contribution is 0.536. The van der Waals surface area contributed by atoms with Gasteiger partial charge in [-0.2, -0.15) is 0 Å². The summed E-state index contributed by atoms with van der Waals surface area (Å²) in [5.74, 6) is 0.543. The Bertz CT molecular complexity index is 1040. The van der Waals surface area contributed by atoms with E-state index in [1.54, 1.807) is 11.3 Å². The van der Waals surface area contributed by atoms with E-state index in [1.807, 2.05) is 18.2 Å². The first kappa shape index (κ1) is 20.1. The molecule has 0 bridgehead atoms. The lowest BCUT2D eigenvalue weighted by Crippen LogP contribution is -2.13. The summed E-state index contributed by atoms with van der Waals surface area (Å²) in [5.41, 5.74) is 5.58. The molecule has 2 aromatic heterocycles. The minimum atomic E-state index is -2.90. The van der Waals surface area contributed by atoms with Crippen LogP contribution in [-0.4, -0.2) is 29.5 Å². The zero-order valence-electron chi connectivity index (χ0n) is 15.4. The second-order valence-electron chi connectivity index (χ2n) is 7.00. The fourth-order valence-corrected chi connectivity index (χ4v) is 6.39. The van der Waals surface area contributed by atoms with Crippen molar-refractivity contribution in [3.63, 3.8) is 0 Å². The minimum Gasteiger partial charge on any atom is -0.344 e. The molecule has 0 saturated carbocycles. The van der Waals surface area contributed by atoms with Crippen molar-refractivity contribution in [3.8, 4) is 11.3 Å². The third-order valence-corrected chi connectivity index (χ3v) is 7.68. The number of thiazole rings is 1. The van der Waals surface area contributed by atoms with E-state index in [2.05, 4.69) is 42.0 Å². The Kier molecular flexibility index (Phi) is 5.79. The summed E-state index contributed by atoms with van der Waals surface area (Å²) in [7, 11) is -2.90. The molecule has 0 N–H and O–H groups in total. The smallest absolute Gasteiger partial charge is 0.152 e. The van der Waals surface area contributed by atoms with Gasteiger partial charge in [0.15, 0.2) is 9.84 Å². The molecule has 1 saturated heterocycles. The Morgan fingerprint density at radius 3 is 2.63 bits per heavy atom. The van der Waals surface area contributed by atoms with Crippen LogP contribution in [0.15, 0.2) is 41.8 Å². The van der Waals surface area contributed by atoms with Gasteiger partial charge in [0.05, 0.1) is 22.2 Å². The Balaban J connectivity index is 0.00000210. The van der Waals surface area contributed by atoms with Gasteiger partial charge in [0, 0.05) is 34.8 Å². The normalized spacial score (nSPS) is 18.4. The monoisotopic (exact) mass is 422 g/mol. The molecule has 1 aliphatic heterocycles. The molecule has 3 aromatic rings. The maximum absolute atomic E-state index is 11.9. The molecule has 7 heteroatoms. The zero-order valence-corrected chi connectivity index (χ0v) is 17.8. The highest BCUT2D eigenvalue weighted by atomic mass is 35.5. The largest absolute Gasteiger partial charge is 0.344 e. The number of aryl methyl sites for hydroxylation is 1. The van der Waals surface area contributed by atoms with Crippen molar-refractivity contribution >= 4 is 33.6 Å². The van der Waals surface area contributed by atoms with Gasteiger partial charge in [0.1, 0.15) is 0 Å². The fraction of sp³-hybridized carbons (Fsp3) is 0.350.